The average Bonchev–Trinajstić information content (AvgIpc) is 2.37. The van der Waals surface area contributed by atoms with E-state index < -0.39 is 0 Å². The quantitative estimate of drug-likeness (QED) is 0.731. The van der Waals surface area contributed by atoms with Gasteiger partial charge in [0.25, 0.3) is 0 Å². The van der Waals surface area contributed by atoms with Gasteiger partial charge in [0, 0.05) is 12.0 Å². The van der Waals surface area contributed by atoms with Crippen molar-refractivity contribution < 1.29 is 4.79 Å². The van der Waals surface area contributed by atoms with Gasteiger partial charge in [0.05, 0.1) is 0 Å². The highest BCUT2D eigenvalue weighted by molar-refractivity contribution is 5.98. The molecule has 0 spiro atoms. The summed E-state index contributed by atoms with van der Waals surface area (Å²) < 4.78 is 0. The number of aryl methyl sites for hydroxylation is 5. The maximum atomic E-state index is 12.4. The Morgan fingerprint density at radius 2 is 1.55 bits per heavy atom. The van der Waals surface area contributed by atoms with Crippen LogP contribution in [0, 0.1) is 27.7 Å². The van der Waals surface area contributed by atoms with E-state index in [4.69, 9.17) is 0 Å². The topological polar surface area (TPSA) is 17.1 Å². The molecular formula is C19H22O. The van der Waals surface area contributed by atoms with E-state index >= 15 is 0 Å². The minimum Gasteiger partial charge on any atom is -0.294 e. The summed E-state index contributed by atoms with van der Waals surface area (Å²) in [5.74, 6) is 0.251. The van der Waals surface area contributed by atoms with Crippen LogP contribution in [-0.2, 0) is 6.42 Å². The van der Waals surface area contributed by atoms with Crippen molar-refractivity contribution in [3.05, 3.63) is 69.8 Å². The lowest BCUT2D eigenvalue weighted by Crippen LogP contribution is -2.06. The van der Waals surface area contributed by atoms with Gasteiger partial charge in [0.2, 0.25) is 0 Å². The minimum atomic E-state index is 0.251. The molecule has 0 saturated carbocycles. The monoisotopic (exact) mass is 266 g/mol. The van der Waals surface area contributed by atoms with Gasteiger partial charge >= 0.3 is 0 Å². The zero-order valence-electron chi connectivity index (χ0n) is 12.8. The molecule has 0 atom stereocenters. The molecule has 0 unspecified atom stereocenters. The molecule has 0 saturated heterocycles. The van der Waals surface area contributed by atoms with E-state index in [0.29, 0.717) is 6.42 Å². The van der Waals surface area contributed by atoms with Crippen LogP contribution in [0.25, 0.3) is 0 Å². The van der Waals surface area contributed by atoms with Crippen LogP contribution in [0.2, 0.25) is 0 Å². The predicted molar refractivity (Wildman–Crippen MR) is 84.5 cm³/mol. The summed E-state index contributed by atoms with van der Waals surface area (Å²) in [4.78, 5) is 12.4. The van der Waals surface area contributed by atoms with Crippen LogP contribution in [0.3, 0.4) is 0 Å². The Morgan fingerprint density at radius 3 is 2.15 bits per heavy atom. The predicted octanol–water partition coefficient (Wildman–Crippen LogP) is 4.74. The summed E-state index contributed by atoms with van der Waals surface area (Å²) in [7, 11) is 0. The van der Waals surface area contributed by atoms with Crippen molar-refractivity contribution >= 4 is 5.78 Å². The van der Waals surface area contributed by atoms with Crippen molar-refractivity contribution in [3.8, 4) is 0 Å². The number of rotatable bonds is 4. The van der Waals surface area contributed by atoms with E-state index in [-0.39, 0.29) is 5.78 Å². The van der Waals surface area contributed by atoms with Crippen LogP contribution in [-0.4, -0.2) is 5.78 Å². The normalized spacial score (nSPS) is 10.6. The first-order valence-corrected chi connectivity index (χ1v) is 7.14. The zero-order chi connectivity index (χ0) is 14.7. The molecule has 1 heteroatoms. The highest BCUT2D eigenvalue weighted by Gasteiger charge is 2.12. The number of Topliss-reactive ketones (excluding diaryl/α,β-unsaturated/α-hetero) is 1. The Labute approximate surface area is 121 Å². The van der Waals surface area contributed by atoms with Crippen LogP contribution < -0.4 is 0 Å². The number of ketones is 1. The van der Waals surface area contributed by atoms with Gasteiger partial charge in [-0.1, -0.05) is 42.0 Å². The van der Waals surface area contributed by atoms with Gasteiger partial charge in [-0.05, 0) is 56.4 Å². The fraction of sp³-hybridized carbons (Fsp3) is 0.316. The third-order valence-electron chi connectivity index (χ3n) is 3.88. The molecule has 2 rings (SSSR count). The van der Waals surface area contributed by atoms with Crippen molar-refractivity contribution in [3.63, 3.8) is 0 Å². The number of benzene rings is 2. The summed E-state index contributed by atoms with van der Waals surface area (Å²) >= 11 is 0. The number of hydrogen-bond acceptors (Lipinski definition) is 1. The van der Waals surface area contributed by atoms with Gasteiger partial charge in [-0.15, -0.1) is 0 Å². The fourth-order valence-corrected chi connectivity index (χ4v) is 2.75. The lowest BCUT2D eigenvalue weighted by Gasteiger charge is -2.10. The third-order valence-corrected chi connectivity index (χ3v) is 3.88. The summed E-state index contributed by atoms with van der Waals surface area (Å²) in [5.41, 5.74) is 6.88. The lowest BCUT2D eigenvalue weighted by molar-refractivity contribution is 0.0981. The number of carbonyl (C=O) groups is 1. The van der Waals surface area contributed by atoms with E-state index in [1.165, 1.54) is 16.7 Å². The van der Waals surface area contributed by atoms with E-state index in [2.05, 4.69) is 32.0 Å². The van der Waals surface area contributed by atoms with Gasteiger partial charge in [-0.3, -0.25) is 4.79 Å². The first-order valence-electron chi connectivity index (χ1n) is 7.14. The Kier molecular flexibility index (Phi) is 4.39. The smallest absolute Gasteiger partial charge is 0.163 e. The van der Waals surface area contributed by atoms with Crippen LogP contribution >= 0.6 is 0 Å². The molecule has 0 aromatic heterocycles. The van der Waals surface area contributed by atoms with Gasteiger partial charge in [-0.25, -0.2) is 0 Å². The Balaban J connectivity index is 2.13. The summed E-state index contributed by atoms with van der Waals surface area (Å²) in [6.07, 6.45) is 1.40. The molecule has 0 amide bonds. The van der Waals surface area contributed by atoms with Gasteiger partial charge in [0.1, 0.15) is 0 Å². The second kappa shape index (κ2) is 6.04. The van der Waals surface area contributed by atoms with Crippen molar-refractivity contribution in [2.45, 2.75) is 40.5 Å². The molecule has 2 aromatic carbocycles. The molecule has 20 heavy (non-hydrogen) atoms. The van der Waals surface area contributed by atoms with Crippen molar-refractivity contribution in [1.82, 2.24) is 0 Å². The molecule has 0 aliphatic carbocycles. The summed E-state index contributed by atoms with van der Waals surface area (Å²) in [6.45, 7) is 8.24. The standard InChI is InChI=1S/C19H22O/c1-13-8-9-17(16(4)12-13)10-11-18(20)19-14(2)6-5-7-15(19)3/h5-9,12H,10-11H2,1-4H3. The SMILES string of the molecule is Cc1ccc(CCC(=O)c2c(C)cccc2C)c(C)c1. The Bertz CT molecular complexity index is 618. The zero-order valence-corrected chi connectivity index (χ0v) is 12.8. The second-order valence-corrected chi connectivity index (χ2v) is 5.62. The van der Waals surface area contributed by atoms with Gasteiger partial charge < -0.3 is 0 Å². The van der Waals surface area contributed by atoms with E-state index in [0.717, 1.165) is 23.1 Å². The number of carbonyl (C=O) groups excluding carboxylic acids is 1. The molecule has 0 radical (unpaired) electrons. The highest BCUT2D eigenvalue weighted by atomic mass is 16.1. The van der Waals surface area contributed by atoms with Crippen LogP contribution in [0.15, 0.2) is 36.4 Å². The highest BCUT2D eigenvalue weighted by Crippen LogP contribution is 2.18. The second-order valence-electron chi connectivity index (χ2n) is 5.62. The van der Waals surface area contributed by atoms with Gasteiger partial charge in [-0.2, -0.15) is 0 Å². The molecule has 2 aromatic rings. The maximum Gasteiger partial charge on any atom is 0.163 e. The summed E-state index contributed by atoms with van der Waals surface area (Å²) in [5, 5.41) is 0. The largest absolute Gasteiger partial charge is 0.294 e. The van der Waals surface area contributed by atoms with E-state index in [1.54, 1.807) is 0 Å². The van der Waals surface area contributed by atoms with E-state index in [1.807, 2.05) is 32.0 Å². The molecule has 104 valence electrons. The van der Waals surface area contributed by atoms with Gasteiger partial charge in [0.15, 0.2) is 5.78 Å². The van der Waals surface area contributed by atoms with Crippen LogP contribution in [0.4, 0.5) is 0 Å². The minimum absolute atomic E-state index is 0.251. The molecule has 0 fully saturated rings. The van der Waals surface area contributed by atoms with Crippen LogP contribution in [0.5, 0.6) is 0 Å². The first-order chi connectivity index (χ1) is 9.49. The summed E-state index contributed by atoms with van der Waals surface area (Å²) in [6, 6.07) is 12.5. The maximum absolute atomic E-state index is 12.4. The molecule has 0 heterocycles. The Hall–Kier alpha value is -1.89. The molecule has 0 N–H and O–H groups in total. The number of hydrogen-bond donors (Lipinski definition) is 0. The average molecular weight is 266 g/mol. The van der Waals surface area contributed by atoms with Crippen molar-refractivity contribution in [2.24, 2.45) is 0 Å². The van der Waals surface area contributed by atoms with E-state index in [9.17, 15) is 4.79 Å². The van der Waals surface area contributed by atoms with Crippen molar-refractivity contribution in [1.29, 1.82) is 0 Å². The van der Waals surface area contributed by atoms with Crippen molar-refractivity contribution in [2.75, 3.05) is 0 Å². The third kappa shape index (κ3) is 3.16. The lowest BCUT2D eigenvalue weighted by atomic mass is 9.94. The first kappa shape index (κ1) is 14.5. The molecule has 0 aliphatic heterocycles. The molecule has 0 bridgehead atoms. The Morgan fingerprint density at radius 1 is 0.900 bits per heavy atom. The van der Waals surface area contributed by atoms with Crippen LogP contribution in [0.1, 0.15) is 44.6 Å². The fourth-order valence-electron chi connectivity index (χ4n) is 2.75. The molecular weight excluding hydrogens is 244 g/mol. The molecule has 1 nitrogen and oxygen atoms in total. The molecule has 0 aliphatic rings.